The van der Waals surface area contributed by atoms with Gasteiger partial charge in [0, 0.05) is 12.6 Å². The highest BCUT2D eigenvalue weighted by Gasteiger charge is 2.46. The van der Waals surface area contributed by atoms with E-state index in [2.05, 4.69) is 72.7 Å². The summed E-state index contributed by atoms with van der Waals surface area (Å²) in [4.78, 5) is 16.2. The summed E-state index contributed by atoms with van der Waals surface area (Å²) < 4.78 is 21.0. The molecule has 0 saturated carbocycles. The quantitative estimate of drug-likeness (QED) is 0.633. The minimum Gasteiger partial charge on any atom is -0.414 e. The molecule has 0 aromatic carbocycles. The fourth-order valence-electron chi connectivity index (χ4n) is 2.85. The Morgan fingerprint density at radius 1 is 1.13 bits per heavy atom. The molecule has 1 aromatic rings. The maximum Gasteiger partial charge on any atom is 0.351 e. The smallest absolute Gasteiger partial charge is 0.351 e. The molecule has 3 atom stereocenters. The molecule has 0 radical (unpaired) electrons. The van der Waals surface area contributed by atoms with Crippen LogP contribution in [-0.4, -0.2) is 45.0 Å². The number of aromatic nitrogens is 2. The summed E-state index contributed by atoms with van der Waals surface area (Å²) in [5, 5.41) is 0.189. The zero-order valence-corrected chi connectivity index (χ0v) is 22.4. The second kappa shape index (κ2) is 8.50. The first kappa shape index (κ1) is 25.3. The van der Waals surface area contributed by atoms with Gasteiger partial charge in [0.1, 0.15) is 18.1 Å². The Hall–Kier alpha value is -1.01. The van der Waals surface area contributed by atoms with Gasteiger partial charge < -0.3 is 19.3 Å². The van der Waals surface area contributed by atoms with E-state index >= 15 is 0 Å². The van der Waals surface area contributed by atoms with Gasteiger partial charge in [-0.15, -0.1) is 0 Å². The van der Waals surface area contributed by atoms with Crippen molar-refractivity contribution in [1.29, 1.82) is 0 Å². The summed E-state index contributed by atoms with van der Waals surface area (Å²) in [7, 11) is -3.96. The third-order valence-electron chi connectivity index (χ3n) is 7.01. The zero-order chi connectivity index (χ0) is 23.1. The van der Waals surface area contributed by atoms with Gasteiger partial charge in [0.25, 0.3) is 0 Å². The Morgan fingerprint density at radius 2 is 1.70 bits per heavy atom. The van der Waals surface area contributed by atoms with E-state index in [1.807, 2.05) is 0 Å². The summed E-state index contributed by atoms with van der Waals surface area (Å²) in [6.07, 6.45) is 1.43. The number of anilines is 1. The van der Waals surface area contributed by atoms with Gasteiger partial charge in [0.2, 0.25) is 0 Å². The van der Waals surface area contributed by atoms with Crippen LogP contribution in [0.1, 0.15) is 54.2 Å². The molecule has 0 bridgehead atoms. The Balaban J connectivity index is 2.27. The van der Waals surface area contributed by atoms with E-state index < -0.39 is 28.6 Å². The largest absolute Gasteiger partial charge is 0.414 e. The predicted molar refractivity (Wildman–Crippen MR) is 127 cm³/mol. The summed E-state index contributed by atoms with van der Waals surface area (Å²) in [6, 6.07) is 1.62. The highest BCUT2D eigenvalue weighted by Crippen LogP contribution is 2.42. The lowest BCUT2D eigenvalue weighted by Gasteiger charge is -2.40. The molecule has 0 aliphatic carbocycles. The SMILES string of the molecule is CC(C)(C)[Si](C)(C)OC[C@H]1O[C@@H](n2ccc(N)[15n]c2=O)C[C@@H]1O[Si](C)(C)C(C)(C)C. The minimum atomic E-state index is -2.02. The highest BCUT2D eigenvalue weighted by atomic mass is 28.4. The van der Waals surface area contributed by atoms with Crippen molar-refractivity contribution in [1.82, 2.24) is 9.55 Å². The van der Waals surface area contributed by atoms with Crippen molar-refractivity contribution in [2.45, 2.75) is 103 Å². The molecule has 1 aliphatic heterocycles. The van der Waals surface area contributed by atoms with Gasteiger partial charge in [-0.2, -0.15) is 4.98 Å². The predicted octanol–water partition coefficient (Wildman–Crippen LogP) is 4.53. The number of hydrogen-bond acceptors (Lipinski definition) is 6. The number of nitrogens with zero attached hydrogens (tertiary/aromatic N) is 2. The Labute approximate surface area is 183 Å². The van der Waals surface area contributed by atoms with Crippen LogP contribution in [0.4, 0.5) is 5.82 Å². The standard InChI is InChI=1S/C21H41N3O4Si2/c1-20(2,3)29(7,8)26-14-16-15(28-30(9,10)21(4,5)6)13-18(27-16)24-12-11-17(22)23-19(24)25/h11-12,15-16,18H,13-14H2,1-10H3,(H2,22,23,25)/t15-,16+,18+/m0/s1/i23+1. The average Bonchev–Trinajstić information content (AvgIpc) is 2.92. The second-order valence-corrected chi connectivity index (χ2v) is 21.0. The zero-order valence-electron chi connectivity index (χ0n) is 20.4. The van der Waals surface area contributed by atoms with Crippen LogP contribution in [0.3, 0.4) is 0 Å². The molecule has 9 heteroatoms. The first-order valence-electron chi connectivity index (χ1n) is 10.8. The lowest BCUT2D eigenvalue weighted by molar-refractivity contribution is -0.0411. The summed E-state index contributed by atoms with van der Waals surface area (Å²) in [5.74, 6) is 0.209. The van der Waals surface area contributed by atoms with Gasteiger partial charge in [-0.3, -0.25) is 4.57 Å². The molecule has 1 aromatic heterocycles. The molecule has 172 valence electrons. The van der Waals surface area contributed by atoms with Crippen LogP contribution in [0, 0.1) is 0 Å². The Bertz CT molecular complexity index is 797. The van der Waals surface area contributed by atoms with E-state index in [4.69, 9.17) is 19.3 Å². The number of rotatable bonds is 6. The van der Waals surface area contributed by atoms with Crippen molar-refractivity contribution >= 4 is 22.5 Å². The van der Waals surface area contributed by atoms with Gasteiger partial charge >= 0.3 is 5.69 Å². The number of nitrogen functional groups attached to an aromatic ring is 1. The van der Waals surface area contributed by atoms with Gasteiger partial charge in [-0.05, 0) is 42.3 Å². The van der Waals surface area contributed by atoms with Gasteiger partial charge in [-0.1, -0.05) is 41.5 Å². The van der Waals surface area contributed by atoms with Crippen molar-refractivity contribution in [3.63, 3.8) is 0 Å². The monoisotopic (exact) mass is 456 g/mol. The summed E-state index contributed by atoms with van der Waals surface area (Å²) >= 11 is 0. The number of hydrogen-bond donors (Lipinski definition) is 1. The van der Waals surface area contributed by atoms with Gasteiger partial charge in [-0.25, -0.2) is 4.79 Å². The summed E-state index contributed by atoms with van der Waals surface area (Å²) in [6.45, 7) is 22.7. The van der Waals surface area contributed by atoms with Crippen LogP contribution in [0.2, 0.25) is 36.3 Å². The third kappa shape index (κ3) is 5.61. The molecule has 1 saturated heterocycles. The fourth-order valence-corrected chi connectivity index (χ4v) is 5.22. The normalized spacial score (nSPS) is 23.7. The first-order chi connectivity index (χ1) is 13.4. The van der Waals surface area contributed by atoms with Crippen LogP contribution in [0.15, 0.2) is 17.1 Å². The lowest BCUT2D eigenvalue weighted by atomic mass is 10.2. The molecule has 1 fully saturated rings. The van der Waals surface area contributed by atoms with Crippen molar-refractivity contribution in [2.75, 3.05) is 12.3 Å². The Morgan fingerprint density at radius 3 is 2.20 bits per heavy atom. The van der Waals surface area contributed by atoms with Crippen LogP contribution in [0.25, 0.3) is 0 Å². The van der Waals surface area contributed by atoms with Crippen molar-refractivity contribution < 1.29 is 13.6 Å². The van der Waals surface area contributed by atoms with E-state index in [1.54, 1.807) is 12.3 Å². The van der Waals surface area contributed by atoms with Crippen LogP contribution in [-0.2, 0) is 13.6 Å². The van der Waals surface area contributed by atoms with E-state index in [9.17, 15) is 4.79 Å². The van der Waals surface area contributed by atoms with Crippen molar-refractivity contribution in [2.24, 2.45) is 0 Å². The molecule has 2 rings (SSSR count). The number of ether oxygens (including phenoxy) is 1. The molecule has 7 nitrogen and oxygen atoms in total. The molecular weight excluding hydrogens is 415 g/mol. The van der Waals surface area contributed by atoms with Gasteiger partial charge in [0.15, 0.2) is 16.6 Å². The maximum atomic E-state index is 12.4. The maximum absolute atomic E-state index is 12.4. The topological polar surface area (TPSA) is 88.6 Å². The summed E-state index contributed by atoms with van der Waals surface area (Å²) in [5.41, 5.74) is 5.24. The molecule has 30 heavy (non-hydrogen) atoms. The van der Waals surface area contributed by atoms with E-state index in [0.29, 0.717) is 13.0 Å². The van der Waals surface area contributed by atoms with Crippen LogP contribution in [0.5, 0.6) is 0 Å². The molecule has 0 unspecified atom stereocenters. The third-order valence-corrected chi connectivity index (χ3v) is 16.0. The molecule has 2 N–H and O–H groups in total. The minimum absolute atomic E-state index is 0.0789. The molecule has 0 amide bonds. The second-order valence-electron chi connectivity index (χ2n) is 11.4. The highest BCUT2D eigenvalue weighted by molar-refractivity contribution is 6.74. The van der Waals surface area contributed by atoms with Crippen molar-refractivity contribution in [3.8, 4) is 0 Å². The van der Waals surface area contributed by atoms with E-state index in [1.165, 1.54) is 4.57 Å². The number of nitrogens with two attached hydrogens (primary N) is 1. The van der Waals surface area contributed by atoms with Crippen molar-refractivity contribution in [3.05, 3.63) is 22.7 Å². The molecule has 0 spiro atoms. The molecule has 2 heterocycles. The van der Waals surface area contributed by atoms with Crippen LogP contribution >= 0.6 is 0 Å². The lowest BCUT2D eigenvalue weighted by Crippen LogP contribution is -2.48. The average molecular weight is 457 g/mol. The molecule has 1 aliphatic rings. The van der Waals surface area contributed by atoms with Crippen LogP contribution < -0.4 is 11.4 Å². The van der Waals surface area contributed by atoms with E-state index in [0.717, 1.165) is 0 Å². The van der Waals surface area contributed by atoms with Gasteiger partial charge in [0.05, 0.1) is 12.7 Å². The fraction of sp³-hybridized carbons (Fsp3) is 0.810. The Kier molecular flexibility index (Phi) is 7.15. The first-order valence-corrected chi connectivity index (χ1v) is 16.6. The molecular formula is C21H41N3O4Si2. The van der Waals surface area contributed by atoms with E-state index in [-0.39, 0.29) is 28.1 Å².